The largest absolute Gasteiger partial charge is 0.495 e. The van der Waals surface area contributed by atoms with E-state index in [1.807, 2.05) is 6.07 Å². The Morgan fingerprint density at radius 1 is 1.00 bits per heavy atom. The van der Waals surface area contributed by atoms with E-state index in [9.17, 15) is 0 Å². The van der Waals surface area contributed by atoms with Crippen LogP contribution in [0.5, 0.6) is 5.75 Å². The maximum absolute atomic E-state index is 6.32. The molecule has 3 aromatic rings. The van der Waals surface area contributed by atoms with Gasteiger partial charge < -0.3 is 15.0 Å². The van der Waals surface area contributed by atoms with E-state index in [0.29, 0.717) is 28.5 Å². The fraction of sp³-hybridized carbons (Fsp3) is 0.357. The van der Waals surface area contributed by atoms with Gasteiger partial charge >= 0.3 is 0 Å². The molecule has 4 rings (SSSR count). The second kappa shape index (κ2) is 10.4. The van der Waals surface area contributed by atoms with E-state index in [0.717, 1.165) is 31.9 Å². The van der Waals surface area contributed by atoms with Crippen molar-refractivity contribution in [2.45, 2.75) is 32.2 Å². The van der Waals surface area contributed by atoms with E-state index in [-0.39, 0.29) is 0 Å². The Kier molecular flexibility index (Phi) is 7.39. The van der Waals surface area contributed by atoms with Gasteiger partial charge in [0.2, 0.25) is 0 Å². The first-order valence-electron chi connectivity index (χ1n) is 11.5. The standard InChI is InChI=1S/C28H33ClN2O/c1-20(2)22-10-7-11-23(14-22)26-17-30-16-24(26)19-31(18-21-8-5-4-6-9-21)25-12-13-27(29)28(15-25)32-3/h4-15,20,24,26,30H,16-19H2,1-3H3/t24-,26+/m1/s1. The monoisotopic (exact) mass is 448 g/mol. The number of anilines is 1. The molecule has 3 aromatic carbocycles. The van der Waals surface area contributed by atoms with Crippen molar-refractivity contribution in [2.75, 3.05) is 31.6 Å². The van der Waals surface area contributed by atoms with Crippen LogP contribution in [-0.2, 0) is 6.54 Å². The van der Waals surface area contributed by atoms with Gasteiger partial charge in [-0.15, -0.1) is 0 Å². The Morgan fingerprint density at radius 3 is 2.56 bits per heavy atom. The number of halogens is 1. The van der Waals surface area contributed by atoms with E-state index in [4.69, 9.17) is 16.3 Å². The van der Waals surface area contributed by atoms with Crippen LogP contribution < -0.4 is 15.0 Å². The van der Waals surface area contributed by atoms with Crippen LogP contribution in [0.4, 0.5) is 5.69 Å². The molecule has 0 saturated carbocycles. The quantitative estimate of drug-likeness (QED) is 0.426. The Labute approximate surface area is 197 Å². The van der Waals surface area contributed by atoms with Crippen LogP contribution in [-0.4, -0.2) is 26.7 Å². The van der Waals surface area contributed by atoms with Gasteiger partial charge in [-0.05, 0) is 40.7 Å². The average Bonchev–Trinajstić information content (AvgIpc) is 3.28. The Morgan fingerprint density at radius 2 is 1.81 bits per heavy atom. The molecule has 168 valence electrons. The summed E-state index contributed by atoms with van der Waals surface area (Å²) in [5.74, 6) is 2.27. The number of nitrogens with one attached hydrogen (secondary N) is 1. The second-order valence-electron chi connectivity index (χ2n) is 9.03. The van der Waals surface area contributed by atoms with Gasteiger partial charge in [-0.1, -0.05) is 80.0 Å². The number of rotatable bonds is 8. The SMILES string of the molecule is COc1cc(N(Cc2ccccc2)C[C@H]2CNC[C@H]2c2cccc(C(C)C)c2)ccc1Cl. The van der Waals surface area contributed by atoms with Crippen molar-refractivity contribution in [1.82, 2.24) is 5.32 Å². The van der Waals surface area contributed by atoms with Crippen LogP contribution in [0.25, 0.3) is 0 Å². The Bertz CT molecular complexity index is 1020. The Balaban J connectivity index is 1.62. The molecule has 1 saturated heterocycles. The predicted molar refractivity (Wildman–Crippen MR) is 135 cm³/mol. The van der Waals surface area contributed by atoms with E-state index in [1.165, 1.54) is 16.7 Å². The van der Waals surface area contributed by atoms with E-state index < -0.39 is 0 Å². The number of hydrogen-bond acceptors (Lipinski definition) is 3. The lowest BCUT2D eigenvalue weighted by atomic mass is 9.86. The predicted octanol–water partition coefficient (Wildman–Crippen LogP) is 6.48. The highest BCUT2D eigenvalue weighted by molar-refractivity contribution is 6.32. The van der Waals surface area contributed by atoms with Crippen LogP contribution in [0.3, 0.4) is 0 Å². The average molecular weight is 449 g/mol. The molecule has 0 aliphatic carbocycles. The molecule has 0 amide bonds. The van der Waals surface area contributed by atoms with Crippen LogP contribution in [0, 0.1) is 5.92 Å². The molecule has 0 bridgehead atoms. The molecular formula is C28H33ClN2O. The molecule has 0 spiro atoms. The molecule has 32 heavy (non-hydrogen) atoms. The summed E-state index contributed by atoms with van der Waals surface area (Å²) in [6, 6.07) is 25.9. The van der Waals surface area contributed by atoms with Crippen LogP contribution in [0.2, 0.25) is 5.02 Å². The molecule has 0 unspecified atom stereocenters. The summed E-state index contributed by atoms with van der Waals surface area (Å²) in [5.41, 5.74) is 5.29. The van der Waals surface area contributed by atoms with Crippen molar-refractivity contribution in [2.24, 2.45) is 5.92 Å². The van der Waals surface area contributed by atoms with Crippen molar-refractivity contribution in [3.05, 3.63) is 94.5 Å². The minimum atomic E-state index is 0.501. The number of benzene rings is 3. The minimum Gasteiger partial charge on any atom is -0.495 e. The highest BCUT2D eigenvalue weighted by Gasteiger charge is 2.30. The molecule has 1 heterocycles. The van der Waals surface area contributed by atoms with Gasteiger partial charge in [-0.25, -0.2) is 0 Å². The van der Waals surface area contributed by atoms with Crippen LogP contribution in [0.15, 0.2) is 72.8 Å². The normalized spacial score (nSPS) is 18.2. The fourth-order valence-electron chi connectivity index (χ4n) is 4.66. The summed E-state index contributed by atoms with van der Waals surface area (Å²) in [4.78, 5) is 2.46. The molecule has 2 atom stereocenters. The zero-order valence-corrected chi connectivity index (χ0v) is 20.0. The van der Waals surface area contributed by atoms with Crippen molar-refractivity contribution < 1.29 is 4.74 Å². The number of ether oxygens (including phenoxy) is 1. The third-order valence-corrected chi connectivity index (χ3v) is 6.83. The Hall–Kier alpha value is -2.49. The molecule has 1 fully saturated rings. The molecular weight excluding hydrogens is 416 g/mol. The lowest BCUT2D eigenvalue weighted by Gasteiger charge is -2.31. The number of hydrogen-bond donors (Lipinski definition) is 1. The first-order chi connectivity index (χ1) is 15.5. The molecule has 0 radical (unpaired) electrons. The zero-order chi connectivity index (χ0) is 22.5. The first kappa shape index (κ1) is 22.7. The van der Waals surface area contributed by atoms with Crippen LogP contribution >= 0.6 is 11.6 Å². The number of methoxy groups -OCH3 is 1. The lowest BCUT2D eigenvalue weighted by molar-refractivity contribution is 0.414. The number of nitrogens with zero attached hydrogens (tertiary/aromatic N) is 1. The van der Waals surface area contributed by atoms with Gasteiger partial charge in [0.15, 0.2) is 0 Å². The first-order valence-corrected chi connectivity index (χ1v) is 11.9. The van der Waals surface area contributed by atoms with Crippen molar-refractivity contribution >= 4 is 17.3 Å². The molecule has 1 aliphatic heterocycles. The summed E-state index contributed by atoms with van der Waals surface area (Å²) in [6.07, 6.45) is 0. The van der Waals surface area contributed by atoms with Crippen molar-refractivity contribution in [1.29, 1.82) is 0 Å². The topological polar surface area (TPSA) is 24.5 Å². The maximum atomic E-state index is 6.32. The summed E-state index contributed by atoms with van der Waals surface area (Å²) < 4.78 is 5.51. The molecule has 0 aromatic heterocycles. The van der Waals surface area contributed by atoms with Gasteiger partial charge in [-0.3, -0.25) is 0 Å². The molecule has 3 nitrogen and oxygen atoms in total. The van der Waals surface area contributed by atoms with Crippen molar-refractivity contribution in [3.63, 3.8) is 0 Å². The molecule has 4 heteroatoms. The van der Waals surface area contributed by atoms with E-state index >= 15 is 0 Å². The van der Waals surface area contributed by atoms with Gasteiger partial charge in [0.25, 0.3) is 0 Å². The van der Waals surface area contributed by atoms with E-state index in [1.54, 1.807) is 7.11 Å². The third kappa shape index (κ3) is 5.28. The summed E-state index contributed by atoms with van der Waals surface area (Å²) in [5, 5.41) is 4.29. The summed E-state index contributed by atoms with van der Waals surface area (Å²) in [6.45, 7) is 8.38. The smallest absolute Gasteiger partial charge is 0.139 e. The highest BCUT2D eigenvalue weighted by atomic mass is 35.5. The lowest BCUT2D eigenvalue weighted by Crippen LogP contribution is -2.32. The van der Waals surface area contributed by atoms with Gasteiger partial charge in [0.05, 0.1) is 12.1 Å². The summed E-state index contributed by atoms with van der Waals surface area (Å²) >= 11 is 6.32. The van der Waals surface area contributed by atoms with Gasteiger partial charge in [0, 0.05) is 43.9 Å². The maximum Gasteiger partial charge on any atom is 0.139 e. The van der Waals surface area contributed by atoms with Crippen LogP contribution in [0.1, 0.15) is 42.4 Å². The third-order valence-electron chi connectivity index (χ3n) is 6.52. The van der Waals surface area contributed by atoms with Gasteiger partial charge in [-0.2, -0.15) is 0 Å². The van der Waals surface area contributed by atoms with E-state index in [2.05, 4.69) is 90.8 Å². The minimum absolute atomic E-state index is 0.501. The highest BCUT2D eigenvalue weighted by Crippen LogP contribution is 2.34. The second-order valence-corrected chi connectivity index (χ2v) is 9.44. The van der Waals surface area contributed by atoms with Crippen molar-refractivity contribution in [3.8, 4) is 5.75 Å². The van der Waals surface area contributed by atoms with Gasteiger partial charge in [0.1, 0.15) is 5.75 Å². The molecule has 1 aliphatic rings. The fourth-order valence-corrected chi connectivity index (χ4v) is 4.85. The zero-order valence-electron chi connectivity index (χ0n) is 19.2. The molecule has 1 N–H and O–H groups in total. The summed E-state index contributed by atoms with van der Waals surface area (Å²) in [7, 11) is 1.67.